The Kier molecular flexibility index (Phi) is 4.51. The van der Waals surface area contributed by atoms with Gasteiger partial charge in [0.25, 0.3) is 5.91 Å². The van der Waals surface area contributed by atoms with Crippen molar-refractivity contribution in [2.24, 2.45) is 11.1 Å². The minimum Gasteiger partial charge on any atom is -0.369 e. The monoisotopic (exact) mass is 312 g/mol. The van der Waals surface area contributed by atoms with Crippen molar-refractivity contribution < 1.29 is 9.59 Å². The number of carbonyl (C=O) groups is 2. The SMILES string of the molecule is Cc1cc(Br)cc(C(=O)NCC(C)(C)C(N)=O)c1. The van der Waals surface area contributed by atoms with Gasteiger partial charge in [-0.05, 0) is 44.5 Å². The minimum absolute atomic E-state index is 0.214. The van der Waals surface area contributed by atoms with Crippen LogP contribution in [-0.2, 0) is 4.79 Å². The second-order valence-corrected chi connectivity index (χ2v) is 5.86. The highest BCUT2D eigenvalue weighted by Crippen LogP contribution is 2.16. The van der Waals surface area contributed by atoms with E-state index in [-0.39, 0.29) is 12.5 Å². The van der Waals surface area contributed by atoms with Gasteiger partial charge in [0.2, 0.25) is 5.91 Å². The molecule has 0 heterocycles. The summed E-state index contributed by atoms with van der Waals surface area (Å²) in [6.45, 7) is 5.52. The maximum Gasteiger partial charge on any atom is 0.251 e. The number of primary amides is 1. The summed E-state index contributed by atoms with van der Waals surface area (Å²) in [6, 6.07) is 5.45. The second kappa shape index (κ2) is 5.52. The first-order valence-electron chi connectivity index (χ1n) is 5.58. The first-order valence-corrected chi connectivity index (χ1v) is 6.37. The Labute approximate surface area is 115 Å². The zero-order chi connectivity index (χ0) is 13.9. The number of aryl methyl sites for hydroxylation is 1. The largest absolute Gasteiger partial charge is 0.369 e. The maximum atomic E-state index is 11.9. The van der Waals surface area contributed by atoms with Gasteiger partial charge in [-0.3, -0.25) is 9.59 Å². The average molecular weight is 313 g/mol. The van der Waals surface area contributed by atoms with E-state index in [0.29, 0.717) is 5.56 Å². The molecule has 18 heavy (non-hydrogen) atoms. The van der Waals surface area contributed by atoms with E-state index < -0.39 is 11.3 Å². The topological polar surface area (TPSA) is 72.2 Å². The van der Waals surface area contributed by atoms with Crippen LogP contribution in [0.1, 0.15) is 29.8 Å². The van der Waals surface area contributed by atoms with Crippen LogP contribution in [-0.4, -0.2) is 18.4 Å². The fourth-order valence-electron chi connectivity index (χ4n) is 1.36. The zero-order valence-corrected chi connectivity index (χ0v) is 12.3. The summed E-state index contributed by atoms with van der Waals surface area (Å²) in [4.78, 5) is 23.1. The van der Waals surface area contributed by atoms with Crippen molar-refractivity contribution in [2.45, 2.75) is 20.8 Å². The Bertz CT molecular complexity index is 464. The molecule has 0 bridgehead atoms. The number of benzene rings is 1. The summed E-state index contributed by atoms with van der Waals surface area (Å²) in [5.41, 5.74) is 6.04. The summed E-state index contributed by atoms with van der Waals surface area (Å²) in [5.74, 6) is -0.651. The van der Waals surface area contributed by atoms with Crippen LogP contribution in [0.25, 0.3) is 0 Å². The van der Waals surface area contributed by atoms with Gasteiger partial charge in [0.1, 0.15) is 0 Å². The van der Waals surface area contributed by atoms with Crippen molar-refractivity contribution in [1.29, 1.82) is 0 Å². The zero-order valence-electron chi connectivity index (χ0n) is 10.7. The molecule has 1 rings (SSSR count). The molecule has 0 aliphatic rings. The molecule has 0 fully saturated rings. The summed E-state index contributed by atoms with van der Waals surface area (Å²) in [5, 5.41) is 2.71. The lowest BCUT2D eigenvalue weighted by Gasteiger charge is -2.20. The van der Waals surface area contributed by atoms with E-state index in [4.69, 9.17) is 5.73 Å². The molecule has 5 heteroatoms. The highest BCUT2D eigenvalue weighted by Gasteiger charge is 2.25. The normalized spacial score (nSPS) is 11.1. The lowest BCUT2D eigenvalue weighted by molar-refractivity contribution is -0.125. The standard InChI is InChI=1S/C13H17BrN2O2/c1-8-4-9(6-10(14)5-8)11(17)16-7-13(2,3)12(15)18/h4-6H,7H2,1-3H3,(H2,15,18)(H,16,17). The molecule has 0 radical (unpaired) electrons. The number of halogens is 1. The first-order chi connectivity index (χ1) is 8.22. The van der Waals surface area contributed by atoms with Gasteiger partial charge in [-0.25, -0.2) is 0 Å². The third-order valence-corrected chi connectivity index (χ3v) is 3.12. The highest BCUT2D eigenvalue weighted by molar-refractivity contribution is 9.10. The molecule has 1 aromatic carbocycles. The van der Waals surface area contributed by atoms with Gasteiger partial charge in [-0.2, -0.15) is 0 Å². The lowest BCUT2D eigenvalue weighted by Crippen LogP contribution is -2.42. The number of rotatable bonds is 4. The minimum atomic E-state index is -0.753. The molecule has 98 valence electrons. The first kappa shape index (κ1) is 14.7. The Morgan fingerprint density at radius 3 is 2.44 bits per heavy atom. The van der Waals surface area contributed by atoms with Crippen LogP contribution in [0, 0.1) is 12.3 Å². The Morgan fingerprint density at radius 1 is 1.33 bits per heavy atom. The van der Waals surface area contributed by atoms with E-state index in [9.17, 15) is 9.59 Å². The quantitative estimate of drug-likeness (QED) is 0.892. The number of nitrogens with two attached hydrogens (primary N) is 1. The predicted molar refractivity (Wildman–Crippen MR) is 74.2 cm³/mol. The summed E-state index contributed by atoms with van der Waals surface area (Å²) < 4.78 is 0.849. The number of hydrogen-bond donors (Lipinski definition) is 2. The van der Waals surface area contributed by atoms with Crippen LogP contribution in [0.5, 0.6) is 0 Å². The van der Waals surface area contributed by atoms with Crippen LogP contribution in [0.15, 0.2) is 22.7 Å². The average Bonchev–Trinajstić information content (AvgIpc) is 2.24. The molecule has 1 aromatic rings. The summed E-state index contributed by atoms with van der Waals surface area (Å²) >= 11 is 3.34. The predicted octanol–water partition coefficient (Wildman–Crippen LogP) is 2.00. The van der Waals surface area contributed by atoms with Crippen LogP contribution < -0.4 is 11.1 Å². The molecule has 0 saturated carbocycles. The van der Waals surface area contributed by atoms with Gasteiger partial charge in [-0.1, -0.05) is 15.9 Å². The molecular formula is C13H17BrN2O2. The Morgan fingerprint density at radius 2 is 1.94 bits per heavy atom. The Hall–Kier alpha value is -1.36. The molecule has 0 aliphatic carbocycles. The fourth-order valence-corrected chi connectivity index (χ4v) is 1.97. The van der Waals surface area contributed by atoms with Gasteiger partial charge in [0.05, 0.1) is 5.41 Å². The molecule has 0 spiro atoms. The van der Waals surface area contributed by atoms with Crippen molar-refractivity contribution >= 4 is 27.7 Å². The molecule has 0 unspecified atom stereocenters. The molecule has 4 nitrogen and oxygen atoms in total. The number of carbonyl (C=O) groups excluding carboxylic acids is 2. The van der Waals surface area contributed by atoms with Crippen LogP contribution >= 0.6 is 15.9 Å². The van der Waals surface area contributed by atoms with Crippen molar-refractivity contribution in [1.82, 2.24) is 5.32 Å². The van der Waals surface area contributed by atoms with Gasteiger partial charge in [-0.15, -0.1) is 0 Å². The number of nitrogens with one attached hydrogen (secondary N) is 1. The second-order valence-electron chi connectivity index (χ2n) is 4.95. The third-order valence-electron chi connectivity index (χ3n) is 2.66. The molecule has 0 atom stereocenters. The van der Waals surface area contributed by atoms with Crippen molar-refractivity contribution in [3.05, 3.63) is 33.8 Å². The van der Waals surface area contributed by atoms with Crippen molar-refractivity contribution in [3.63, 3.8) is 0 Å². The van der Waals surface area contributed by atoms with E-state index in [0.717, 1.165) is 10.0 Å². The maximum absolute atomic E-state index is 11.9. The van der Waals surface area contributed by atoms with Crippen molar-refractivity contribution in [2.75, 3.05) is 6.54 Å². The highest BCUT2D eigenvalue weighted by atomic mass is 79.9. The Balaban J connectivity index is 2.75. The van der Waals surface area contributed by atoms with E-state index in [1.54, 1.807) is 26.0 Å². The van der Waals surface area contributed by atoms with Gasteiger partial charge in [0, 0.05) is 16.6 Å². The molecule has 2 amide bonds. The van der Waals surface area contributed by atoms with Crippen LogP contribution in [0.4, 0.5) is 0 Å². The molecule has 0 saturated heterocycles. The van der Waals surface area contributed by atoms with E-state index in [1.165, 1.54) is 0 Å². The van der Waals surface area contributed by atoms with Gasteiger partial charge in [0.15, 0.2) is 0 Å². The van der Waals surface area contributed by atoms with E-state index in [2.05, 4.69) is 21.2 Å². The summed E-state index contributed by atoms with van der Waals surface area (Å²) in [6.07, 6.45) is 0. The third kappa shape index (κ3) is 3.84. The fraction of sp³-hybridized carbons (Fsp3) is 0.385. The molecule has 0 aromatic heterocycles. The number of amides is 2. The molecule has 3 N–H and O–H groups in total. The van der Waals surface area contributed by atoms with Gasteiger partial charge >= 0.3 is 0 Å². The molecule has 0 aliphatic heterocycles. The van der Waals surface area contributed by atoms with E-state index in [1.807, 2.05) is 13.0 Å². The van der Waals surface area contributed by atoms with Crippen LogP contribution in [0.2, 0.25) is 0 Å². The lowest BCUT2D eigenvalue weighted by atomic mass is 9.92. The van der Waals surface area contributed by atoms with Gasteiger partial charge < -0.3 is 11.1 Å². The smallest absolute Gasteiger partial charge is 0.251 e. The summed E-state index contributed by atoms with van der Waals surface area (Å²) in [7, 11) is 0. The van der Waals surface area contributed by atoms with Crippen LogP contribution in [0.3, 0.4) is 0 Å². The molecular weight excluding hydrogens is 296 g/mol. The van der Waals surface area contributed by atoms with E-state index >= 15 is 0 Å². The van der Waals surface area contributed by atoms with Crippen molar-refractivity contribution in [3.8, 4) is 0 Å². The number of hydrogen-bond acceptors (Lipinski definition) is 2.